The van der Waals surface area contributed by atoms with E-state index in [2.05, 4.69) is 15.1 Å². The summed E-state index contributed by atoms with van der Waals surface area (Å²) in [5.74, 6) is 0.0368. The maximum atomic E-state index is 13.5. The minimum atomic E-state index is -5.17. The molecular formula is C22H35FN4O5S. The Morgan fingerprint density at radius 1 is 1.06 bits per heavy atom. The molecule has 0 bridgehead atoms. The van der Waals surface area contributed by atoms with Crippen molar-refractivity contribution in [1.82, 2.24) is 15.1 Å². The average molecular weight is 487 g/mol. The molecular weight excluding hydrogens is 451 g/mol. The fourth-order valence-corrected chi connectivity index (χ4v) is 4.66. The van der Waals surface area contributed by atoms with Gasteiger partial charge in [-0.05, 0) is 51.8 Å². The number of halogens is 1. The van der Waals surface area contributed by atoms with Crippen molar-refractivity contribution < 1.29 is 26.0 Å². The van der Waals surface area contributed by atoms with Crippen LogP contribution in [-0.4, -0.2) is 82.3 Å². The van der Waals surface area contributed by atoms with Crippen molar-refractivity contribution in [2.45, 2.75) is 46.8 Å². The lowest BCUT2D eigenvalue weighted by Gasteiger charge is -2.38. The van der Waals surface area contributed by atoms with Crippen molar-refractivity contribution in [3.8, 4) is 5.75 Å². The lowest BCUT2D eigenvalue weighted by Crippen LogP contribution is -2.50. The molecule has 0 spiro atoms. The Morgan fingerprint density at radius 3 is 2.21 bits per heavy atom. The van der Waals surface area contributed by atoms with Crippen LogP contribution in [0.1, 0.15) is 37.5 Å². The summed E-state index contributed by atoms with van der Waals surface area (Å²) in [6.45, 7) is 15.1. The molecule has 9 nitrogen and oxygen atoms in total. The quantitative estimate of drug-likeness (QED) is 0.635. The van der Waals surface area contributed by atoms with E-state index in [9.17, 15) is 17.1 Å². The Morgan fingerprint density at radius 2 is 1.67 bits per heavy atom. The number of carbonyl (C=O) groups is 1. The van der Waals surface area contributed by atoms with E-state index in [4.69, 9.17) is 8.92 Å². The predicted molar refractivity (Wildman–Crippen MR) is 125 cm³/mol. The number of rotatable bonds is 5. The summed E-state index contributed by atoms with van der Waals surface area (Å²) in [6.07, 6.45) is -0.352. The zero-order valence-corrected chi connectivity index (χ0v) is 20.9. The molecule has 1 aromatic carbocycles. The van der Waals surface area contributed by atoms with Crippen LogP contribution in [-0.2, 0) is 21.8 Å². The number of nitrogens with zero attached hydrogens (tertiary/aromatic N) is 3. The SMILES string of the molecule is Cc1c(CN2CCNCC2)cc(N2CCN(C(=O)OC(C)(C)C)CC2)c(C)c1OS(=O)(=O)F. The smallest absolute Gasteiger partial charge is 0.444 e. The van der Waals surface area contributed by atoms with Gasteiger partial charge in [0.1, 0.15) is 5.60 Å². The molecule has 0 saturated carbocycles. The lowest BCUT2D eigenvalue weighted by atomic mass is 10.00. The highest BCUT2D eigenvalue weighted by Gasteiger charge is 2.29. The van der Waals surface area contributed by atoms with Crippen molar-refractivity contribution >= 4 is 22.3 Å². The summed E-state index contributed by atoms with van der Waals surface area (Å²) in [4.78, 5) is 18.4. The Balaban J connectivity index is 1.85. The summed E-state index contributed by atoms with van der Waals surface area (Å²) in [5.41, 5.74) is 2.29. The molecule has 2 heterocycles. The molecule has 186 valence electrons. The van der Waals surface area contributed by atoms with Crippen LogP contribution in [0, 0.1) is 13.8 Å². The van der Waals surface area contributed by atoms with Gasteiger partial charge in [0, 0.05) is 70.2 Å². The molecule has 0 aromatic heterocycles. The van der Waals surface area contributed by atoms with E-state index in [1.54, 1.807) is 18.7 Å². The fourth-order valence-electron chi connectivity index (χ4n) is 4.21. The van der Waals surface area contributed by atoms with E-state index >= 15 is 0 Å². The molecule has 0 radical (unpaired) electrons. The van der Waals surface area contributed by atoms with E-state index in [0.29, 0.717) is 43.9 Å². The summed E-state index contributed by atoms with van der Waals surface area (Å²) >= 11 is 0. The van der Waals surface area contributed by atoms with Crippen LogP contribution in [0.25, 0.3) is 0 Å². The van der Waals surface area contributed by atoms with Crippen molar-refractivity contribution in [1.29, 1.82) is 0 Å². The van der Waals surface area contributed by atoms with E-state index in [0.717, 1.165) is 37.4 Å². The topological polar surface area (TPSA) is 91.4 Å². The van der Waals surface area contributed by atoms with Gasteiger partial charge < -0.3 is 24.0 Å². The van der Waals surface area contributed by atoms with Crippen LogP contribution < -0.4 is 14.4 Å². The number of carbonyl (C=O) groups excluding carboxylic acids is 1. The van der Waals surface area contributed by atoms with E-state index < -0.39 is 16.1 Å². The molecule has 0 atom stereocenters. The number of anilines is 1. The normalized spacial score (nSPS) is 18.4. The molecule has 1 N–H and O–H groups in total. The molecule has 1 aromatic rings. The number of amides is 1. The van der Waals surface area contributed by atoms with Crippen LogP contribution in [0.3, 0.4) is 0 Å². The minimum Gasteiger partial charge on any atom is -0.444 e. The third kappa shape index (κ3) is 6.94. The van der Waals surface area contributed by atoms with Gasteiger partial charge in [0.25, 0.3) is 0 Å². The monoisotopic (exact) mass is 486 g/mol. The third-order valence-electron chi connectivity index (χ3n) is 5.92. The second-order valence-electron chi connectivity index (χ2n) is 9.59. The first-order chi connectivity index (χ1) is 15.3. The molecule has 3 rings (SSSR count). The first kappa shape index (κ1) is 25.5. The van der Waals surface area contributed by atoms with E-state index in [1.165, 1.54) is 0 Å². The van der Waals surface area contributed by atoms with Crippen molar-refractivity contribution in [3.63, 3.8) is 0 Å². The molecule has 1 amide bonds. The number of benzene rings is 1. The van der Waals surface area contributed by atoms with Crippen LogP contribution in [0.15, 0.2) is 6.07 Å². The molecule has 0 unspecified atom stereocenters. The molecule has 2 saturated heterocycles. The second kappa shape index (κ2) is 10.0. The number of hydrogen-bond acceptors (Lipinski definition) is 8. The lowest BCUT2D eigenvalue weighted by molar-refractivity contribution is 0.0240. The molecule has 11 heteroatoms. The van der Waals surface area contributed by atoms with Crippen LogP contribution in [0.2, 0.25) is 0 Å². The summed E-state index contributed by atoms with van der Waals surface area (Å²) < 4.78 is 46.5. The zero-order chi connectivity index (χ0) is 24.4. The highest BCUT2D eigenvalue weighted by atomic mass is 32.3. The number of hydrogen-bond donors (Lipinski definition) is 1. The molecule has 33 heavy (non-hydrogen) atoms. The number of ether oxygens (including phenoxy) is 1. The van der Waals surface area contributed by atoms with Gasteiger partial charge in [-0.2, -0.15) is 8.42 Å². The van der Waals surface area contributed by atoms with Crippen molar-refractivity contribution in [2.24, 2.45) is 0 Å². The average Bonchev–Trinajstić information content (AvgIpc) is 2.72. The predicted octanol–water partition coefficient (Wildman–Crippen LogP) is 2.36. The van der Waals surface area contributed by atoms with E-state index in [1.807, 2.05) is 26.8 Å². The summed E-state index contributed by atoms with van der Waals surface area (Å²) in [7, 11) is -5.17. The second-order valence-corrected chi connectivity index (χ2v) is 10.5. The highest BCUT2D eigenvalue weighted by Crippen LogP contribution is 2.37. The van der Waals surface area contributed by atoms with Crippen LogP contribution >= 0.6 is 0 Å². The maximum Gasteiger partial charge on any atom is 0.488 e. The fraction of sp³-hybridized carbons (Fsp3) is 0.682. The zero-order valence-electron chi connectivity index (χ0n) is 20.1. The van der Waals surface area contributed by atoms with Gasteiger partial charge in [-0.25, -0.2) is 4.79 Å². The number of piperazine rings is 2. The van der Waals surface area contributed by atoms with Crippen LogP contribution in [0.4, 0.5) is 14.4 Å². The minimum absolute atomic E-state index is 0.0368. The first-order valence-electron chi connectivity index (χ1n) is 11.3. The third-order valence-corrected chi connectivity index (χ3v) is 6.28. The molecule has 2 aliphatic heterocycles. The Kier molecular flexibility index (Phi) is 7.75. The van der Waals surface area contributed by atoms with Gasteiger partial charge in [0.05, 0.1) is 0 Å². The van der Waals surface area contributed by atoms with Gasteiger partial charge in [-0.3, -0.25) is 4.90 Å². The first-order valence-corrected chi connectivity index (χ1v) is 12.6. The standard InChI is InChI=1S/C22H35FN4O5S/c1-16-18(15-25-8-6-24-7-9-25)14-19(17(2)20(16)32-33(23,29)30)26-10-12-27(13-11-26)21(28)31-22(3,4)5/h14,24H,6-13,15H2,1-5H3. The van der Waals surface area contributed by atoms with Crippen LogP contribution in [0.5, 0.6) is 5.75 Å². The van der Waals surface area contributed by atoms with Gasteiger partial charge in [0.2, 0.25) is 0 Å². The Labute approximate surface area is 196 Å². The number of nitrogens with one attached hydrogen (secondary N) is 1. The van der Waals surface area contributed by atoms with Gasteiger partial charge in [-0.15, -0.1) is 0 Å². The Bertz CT molecular complexity index is 966. The van der Waals surface area contributed by atoms with Gasteiger partial charge in [-0.1, -0.05) is 3.89 Å². The maximum absolute atomic E-state index is 13.5. The summed E-state index contributed by atoms with van der Waals surface area (Å²) in [6, 6.07) is 2.04. The van der Waals surface area contributed by atoms with Crippen molar-refractivity contribution in [2.75, 3.05) is 57.3 Å². The summed E-state index contributed by atoms with van der Waals surface area (Å²) in [5, 5.41) is 3.31. The van der Waals surface area contributed by atoms with Gasteiger partial charge >= 0.3 is 16.6 Å². The van der Waals surface area contributed by atoms with Gasteiger partial charge in [0.15, 0.2) is 5.75 Å². The molecule has 0 aliphatic carbocycles. The highest BCUT2D eigenvalue weighted by molar-refractivity contribution is 7.81. The largest absolute Gasteiger partial charge is 0.488 e. The molecule has 2 fully saturated rings. The van der Waals surface area contributed by atoms with Crippen molar-refractivity contribution in [3.05, 3.63) is 22.8 Å². The van der Waals surface area contributed by atoms with E-state index in [-0.39, 0.29) is 11.8 Å². The molecule has 2 aliphatic rings. The Hall–Kier alpha value is -2.11.